The van der Waals surface area contributed by atoms with Crippen LogP contribution in [0.25, 0.3) is 6.08 Å². The van der Waals surface area contributed by atoms with Crippen LogP contribution < -0.4 is 14.2 Å². The molecule has 0 fully saturated rings. The maximum absolute atomic E-state index is 12.8. The number of carbonyl (C=O) groups is 1. The second kappa shape index (κ2) is 20.0. The van der Waals surface area contributed by atoms with Gasteiger partial charge in [-0.3, -0.25) is 4.79 Å². The Morgan fingerprint density at radius 2 is 1.29 bits per heavy atom. The highest BCUT2D eigenvalue weighted by atomic mass is 16.5. The number of allylic oxidation sites excluding steroid dienone is 1. The van der Waals surface area contributed by atoms with Gasteiger partial charge in [0, 0.05) is 17.2 Å². The Hall–Kier alpha value is -3.01. The SMILES string of the molecule is C=CCOc1ccc(C(=O)/C=C/c2ccc(OCCCCCCCC)cc2OCCCCCCCC)cc1. The number of rotatable bonds is 22. The Morgan fingerprint density at radius 3 is 1.92 bits per heavy atom. The van der Waals surface area contributed by atoms with Crippen LogP contribution in [-0.4, -0.2) is 25.6 Å². The molecule has 0 heterocycles. The van der Waals surface area contributed by atoms with Crippen molar-refractivity contribution in [3.63, 3.8) is 0 Å². The van der Waals surface area contributed by atoms with E-state index in [1.165, 1.54) is 64.2 Å². The molecule has 2 aromatic rings. The molecule has 0 spiro atoms. The molecule has 0 radical (unpaired) electrons. The summed E-state index contributed by atoms with van der Waals surface area (Å²) in [4.78, 5) is 12.8. The van der Waals surface area contributed by atoms with Gasteiger partial charge in [0.2, 0.25) is 0 Å². The van der Waals surface area contributed by atoms with Crippen LogP contribution in [0.1, 0.15) is 107 Å². The molecule has 0 aliphatic carbocycles. The number of unbranched alkanes of at least 4 members (excludes halogenated alkanes) is 10. The minimum absolute atomic E-state index is 0.0643. The summed E-state index contributed by atoms with van der Waals surface area (Å²) in [6.07, 6.45) is 19.8. The van der Waals surface area contributed by atoms with Gasteiger partial charge >= 0.3 is 0 Å². The molecular weight excluding hydrogens is 472 g/mol. The number of benzene rings is 2. The molecular formula is C34H48O4. The fraction of sp³-hybridized carbons (Fsp3) is 0.500. The highest BCUT2D eigenvalue weighted by molar-refractivity contribution is 6.07. The Labute approximate surface area is 231 Å². The highest BCUT2D eigenvalue weighted by Crippen LogP contribution is 2.27. The standard InChI is InChI=1S/C34H48O4/c1-4-7-9-11-13-15-26-37-32-23-19-30(34(28-32)38-27-16-14-12-10-8-5-2)20-24-33(35)29-17-21-31(22-18-29)36-25-6-3/h6,17-24,28H,3-5,7-16,25-27H2,1-2H3/b24-20+. The summed E-state index contributed by atoms with van der Waals surface area (Å²) >= 11 is 0. The van der Waals surface area contributed by atoms with Crippen LogP contribution >= 0.6 is 0 Å². The largest absolute Gasteiger partial charge is 0.493 e. The van der Waals surface area contributed by atoms with Gasteiger partial charge in [-0.2, -0.15) is 0 Å². The van der Waals surface area contributed by atoms with Crippen molar-refractivity contribution in [1.29, 1.82) is 0 Å². The zero-order chi connectivity index (χ0) is 27.3. The van der Waals surface area contributed by atoms with E-state index in [2.05, 4.69) is 20.4 Å². The molecule has 0 aliphatic rings. The topological polar surface area (TPSA) is 44.8 Å². The molecule has 0 unspecified atom stereocenters. The number of hydrogen-bond donors (Lipinski definition) is 0. The molecule has 0 aliphatic heterocycles. The van der Waals surface area contributed by atoms with Crippen LogP contribution in [0.2, 0.25) is 0 Å². The van der Waals surface area contributed by atoms with Crippen molar-refractivity contribution in [2.75, 3.05) is 19.8 Å². The van der Waals surface area contributed by atoms with Gasteiger partial charge in [0.15, 0.2) is 5.78 Å². The van der Waals surface area contributed by atoms with Crippen molar-refractivity contribution in [3.05, 3.63) is 72.3 Å². The third-order valence-corrected chi connectivity index (χ3v) is 6.43. The van der Waals surface area contributed by atoms with Crippen LogP contribution in [0, 0.1) is 0 Å². The predicted molar refractivity (Wildman–Crippen MR) is 160 cm³/mol. The van der Waals surface area contributed by atoms with E-state index in [1.54, 1.807) is 36.4 Å². The molecule has 0 amide bonds. The first-order chi connectivity index (χ1) is 18.7. The average Bonchev–Trinajstić information content (AvgIpc) is 2.94. The maximum Gasteiger partial charge on any atom is 0.185 e. The number of ketones is 1. The minimum Gasteiger partial charge on any atom is -0.493 e. The van der Waals surface area contributed by atoms with Crippen molar-refractivity contribution in [2.24, 2.45) is 0 Å². The van der Waals surface area contributed by atoms with Gasteiger partial charge in [-0.25, -0.2) is 0 Å². The third kappa shape index (κ3) is 13.0. The molecule has 4 heteroatoms. The summed E-state index contributed by atoms with van der Waals surface area (Å²) in [7, 11) is 0. The van der Waals surface area contributed by atoms with Crippen LogP contribution in [0.4, 0.5) is 0 Å². The van der Waals surface area contributed by atoms with Gasteiger partial charge < -0.3 is 14.2 Å². The number of ether oxygens (including phenoxy) is 3. The fourth-order valence-electron chi connectivity index (χ4n) is 4.14. The normalized spacial score (nSPS) is 11.0. The summed E-state index contributed by atoms with van der Waals surface area (Å²) in [6, 6.07) is 13.1. The Balaban J connectivity index is 1.98. The van der Waals surface area contributed by atoms with E-state index in [1.807, 2.05) is 24.3 Å². The monoisotopic (exact) mass is 520 g/mol. The highest BCUT2D eigenvalue weighted by Gasteiger charge is 2.07. The molecule has 0 N–H and O–H groups in total. The van der Waals surface area contributed by atoms with Crippen LogP contribution in [0.5, 0.6) is 17.2 Å². The van der Waals surface area contributed by atoms with Crippen LogP contribution in [0.15, 0.2) is 61.2 Å². The molecule has 4 nitrogen and oxygen atoms in total. The van der Waals surface area contributed by atoms with E-state index in [0.29, 0.717) is 31.1 Å². The minimum atomic E-state index is -0.0643. The van der Waals surface area contributed by atoms with Gasteiger partial charge in [-0.05, 0) is 61.4 Å². The van der Waals surface area contributed by atoms with E-state index in [-0.39, 0.29) is 5.78 Å². The van der Waals surface area contributed by atoms with Crippen molar-refractivity contribution in [3.8, 4) is 17.2 Å². The zero-order valence-electron chi connectivity index (χ0n) is 23.7. The van der Waals surface area contributed by atoms with Crippen molar-refractivity contribution >= 4 is 11.9 Å². The summed E-state index contributed by atoms with van der Waals surface area (Å²) in [5.74, 6) is 2.23. The lowest BCUT2D eigenvalue weighted by Crippen LogP contribution is -2.02. The lowest BCUT2D eigenvalue weighted by Gasteiger charge is -2.13. The van der Waals surface area contributed by atoms with Gasteiger partial charge in [0.25, 0.3) is 0 Å². The van der Waals surface area contributed by atoms with Gasteiger partial charge in [0.05, 0.1) is 13.2 Å². The molecule has 0 saturated carbocycles. The second-order valence-electron chi connectivity index (χ2n) is 9.75. The van der Waals surface area contributed by atoms with E-state index < -0.39 is 0 Å². The first-order valence-corrected chi connectivity index (χ1v) is 14.6. The molecule has 0 saturated heterocycles. The Kier molecular flexibility index (Phi) is 16.4. The lowest BCUT2D eigenvalue weighted by molar-refractivity contribution is 0.104. The molecule has 0 atom stereocenters. The summed E-state index contributed by atoms with van der Waals surface area (Å²) < 4.78 is 17.7. The molecule has 2 rings (SSSR count). The smallest absolute Gasteiger partial charge is 0.185 e. The van der Waals surface area contributed by atoms with Gasteiger partial charge in [-0.1, -0.05) is 90.7 Å². The summed E-state index contributed by atoms with van der Waals surface area (Å²) in [6.45, 7) is 9.93. The first kappa shape index (κ1) is 31.2. The molecule has 38 heavy (non-hydrogen) atoms. The summed E-state index contributed by atoms with van der Waals surface area (Å²) in [5.41, 5.74) is 1.49. The van der Waals surface area contributed by atoms with E-state index in [9.17, 15) is 4.79 Å². The first-order valence-electron chi connectivity index (χ1n) is 14.6. The lowest BCUT2D eigenvalue weighted by atomic mass is 10.1. The van der Waals surface area contributed by atoms with E-state index >= 15 is 0 Å². The van der Waals surface area contributed by atoms with Crippen molar-refractivity contribution in [2.45, 2.75) is 90.9 Å². The maximum atomic E-state index is 12.8. The Bertz CT molecular complexity index is 945. The average molecular weight is 521 g/mol. The van der Waals surface area contributed by atoms with E-state index in [0.717, 1.165) is 29.9 Å². The number of hydrogen-bond acceptors (Lipinski definition) is 4. The Morgan fingerprint density at radius 1 is 0.711 bits per heavy atom. The summed E-state index contributed by atoms with van der Waals surface area (Å²) in [5, 5.41) is 0. The quantitative estimate of drug-likeness (QED) is 0.0671. The number of carbonyl (C=O) groups excluding carboxylic acids is 1. The van der Waals surface area contributed by atoms with Crippen LogP contribution in [0.3, 0.4) is 0 Å². The molecule has 2 aromatic carbocycles. The molecule has 208 valence electrons. The second-order valence-corrected chi connectivity index (χ2v) is 9.75. The van der Waals surface area contributed by atoms with Gasteiger partial charge in [-0.15, -0.1) is 0 Å². The van der Waals surface area contributed by atoms with Crippen molar-refractivity contribution in [1.82, 2.24) is 0 Å². The fourth-order valence-corrected chi connectivity index (χ4v) is 4.14. The third-order valence-electron chi connectivity index (χ3n) is 6.43. The van der Waals surface area contributed by atoms with E-state index in [4.69, 9.17) is 14.2 Å². The van der Waals surface area contributed by atoms with Gasteiger partial charge in [0.1, 0.15) is 23.9 Å². The zero-order valence-corrected chi connectivity index (χ0v) is 23.7. The molecule has 0 bridgehead atoms. The molecule has 0 aromatic heterocycles. The predicted octanol–water partition coefficient (Wildman–Crippen LogP) is 9.63. The van der Waals surface area contributed by atoms with Crippen molar-refractivity contribution < 1.29 is 19.0 Å². The van der Waals surface area contributed by atoms with Crippen LogP contribution in [-0.2, 0) is 0 Å².